The molecule has 0 saturated heterocycles. The summed E-state index contributed by atoms with van der Waals surface area (Å²) in [6, 6.07) is 0. The minimum atomic E-state index is -0.205. The van der Waals surface area contributed by atoms with Crippen LogP contribution in [-0.2, 0) is 19.1 Å². The molecule has 0 aromatic carbocycles. The molecular weight excluding hydrogens is 388 g/mol. The van der Waals surface area contributed by atoms with Crippen molar-refractivity contribution in [3.05, 3.63) is 0 Å². The van der Waals surface area contributed by atoms with E-state index in [0.717, 1.165) is 25.7 Å². The van der Waals surface area contributed by atoms with Gasteiger partial charge in [0, 0.05) is 12.8 Å². The van der Waals surface area contributed by atoms with Crippen LogP contribution in [0.1, 0.15) is 143 Å². The molecule has 0 radical (unpaired) electrons. The van der Waals surface area contributed by atoms with Crippen molar-refractivity contribution >= 4 is 11.9 Å². The summed E-state index contributed by atoms with van der Waals surface area (Å²) < 4.78 is 10.5. The van der Waals surface area contributed by atoms with Gasteiger partial charge in [-0.05, 0) is 25.2 Å². The van der Waals surface area contributed by atoms with Crippen molar-refractivity contribution in [3.8, 4) is 0 Å². The van der Waals surface area contributed by atoms with Crippen molar-refractivity contribution < 1.29 is 19.1 Å². The van der Waals surface area contributed by atoms with Crippen LogP contribution in [0.5, 0.6) is 0 Å². The Morgan fingerprint density at radius 1 is 0.581 bits per heavy atom. The third-order valence-electron chi connectivity index (χ3n) is 6.09. The van der Waals surface area contributed by atoms with Crippen molar-refractivity contribution in [1.29, 1.82) is 0 Å². The van der Waals surface area contributed by atoms with E-state index < -0.39 is 0 Å². The fraction of sp³-hybridized carbons (Fsp3) is 0.926. The largest absolute Gasteiger partial charge is 0.466 e. The molecule has 0 aliphatic heterocycles. The number of unbranched alkanes of at least 4 members (excludes halogenated alkanes) is 13. The first-order valence-electron chi connectivity index (χ1n) is 13.4. The zero-order valence-electron chi connectivity index (χ0n) is 21.1. The Morgan fingerprint density at radius 2 is 1.00 bits per heavy atom. The summed E-state index contributed by atoms with van der Waals surface area (Å²) in [4.78, 5) is 23.4. The summed E-state index contributed by atoms with van der Waals surface area (Å²) in [5.41, 5.74) is 0. The number of hydrogen-bond donors (Lipinski definition) is 0. The third-order valence-corrected chi connectivity index (χ3v) is 6.09. The first-order valence-corrected chi connectivity index (χ1v) is 13.4. The van der Waals surface area contributed by atoms with Gasteiger partial charge in [-0.15, -0.1) is 0 Å². The quantitative estimate of drug-likeness (QED) is 0.119. The monoisotopic (exact) mass is 440 g/mol. The Morgan fingerprint density at radius 3 is 1.45 bits per heavy atom. The van der Waals surface area contributed by atoms with Gasteiger partial charge >= 0.3 is 11.9 Å². The zero-order valence-corrected chi connectivity index (χ0v) is 21.1. The van der Waals surface area contributed by atoms with Crippen LogP contribution >= 0.6 is 0 Å². The molecule has 1 unspecified atom stereocenters. The Bertz CT molecular complexity index is 408. The highest BCUT2D eigenvalue weighted by Gasteiger charge is 2.08. The maximum atomic E-state index is 11.7. The lowest BCUT2D eigenvalue weighted by Gasteiger charge is -2.09. The molecule has 0 spiro atoms. The fourth-order valence-electron chi connectivity index (χ4n) is 3.58. The van der Waals surface area contributed by atoms with E-state index in [2.05, 4.69) is 20.8 Å². The normalized spacial score (nSPS) is 12.0. The van der Waals surface area contributed by atoms with Crippen LogP contribution in [0.3, 0.4) is 0 Å². The van der Waals surface area contributed by atoms with Gasteiger partial charge in [-0.3, -0.25) is 9.59 Å². The molecule has 0 rings (SSSR count). The topological polar surface area (TPSA) is 52.6 Å². The second kappa shape index (κ2) is 23.6. The molecule has 0 N–H and O–H groups in total. The molecule has 184 valence electrons. The third kappa shape index (κ3) is 23.4. The van der Waals surface area contributed by atoms with Gasteiger partial charge in [-0.25, -0.2) is 0 Å². The molecule has 0 aromatic heterocycles. The average Bonchev–Trinajstić information content (AvgIpc) is 2.76. The molecule has 0 aliphatic carbocycles. The number of ether oxygens (including phenoxy) is 2. The Hall–Kier alpha value is -1.06. The zero-order chi connectivity index (χ0) is 23.0. The highest BCUT2D eigenvalue weighted by atomic mass is 16.5. The van der Waals surface area contributed by atoms with Crippen LogP contribution in [0.25, 0.3) is 0 Å². The van der Waals surface area contributed by atoms with Crippen LogP contribution in [0.2, 0.25) is 0 Å². The lowest BCUT2D eigenvalue weighted by Crippen LogP contribution is -2.10. The van der Waals surface area contributed by atoms with E-state index >= 15 is 0 Å². The molecule has 4 heteroatoms. The van der Waals surface area contributed by atoms with Crippen LogP contribution in [0.4, 0.5) is 0 Å². The van der Waals surface area contributed by atoms with Crippen LogP contribution in [0, 0.1) is 5.92 Å². The fourth-order valence-corrected chi connectivity index (χ4v) is 3.58. The standard InChI is InChI=1S/C27H52O4/c1-4-6-7-8-9-10-11-12-13-14-15-16-17-18-23-30-26(28)20-19-21-27(29)31-24-22-25(3)5-2/h25H,4-24H2,1-3H3. The second-order valence-electron chi connectivity index (χ2n) is 9.19. The lowest BCUT2D eigenvalue weighted by atomic mass is 10.0. The number of rotatable bonds is 23. The maximum absolute atomic E-state index is 11.7. The molecule has 0 heterocycles. The molecular formula is C27H52O4. The van der Waals surface area contributed by atoms with Gasteiger partial charge in [0.25, 0.3) is 0 Å². The number of esters is 2. The molecule has 4 nitrogen and oxygen atoms in total. The van der Waals surface area contributed by atoms with Gasteiger partial charge in [-0.1, -0.05) is 111 Å². The van der Waals surface area contributed by atoms with Crippen molar-refractivity contribution in [3.63, 3.8) is 0 Å². The van der Waals surface area contributed by atoms with Crippen LogP contribution in [-0.4, -0.2) is 25.2 Å². The summed E-state index contributed by atoms with van der Waals surface area (Å²) in [6.45, 7) is 7.55. The van der Waals surface area contributed by atoms with Crippen molar-refractivity contribution in [1.82, 2.24) is 0 Å². The van der Waals surface area contributed by atoms with Gasteiger partial charge in [0.15, 0.2) is 0 Å². The van der Waals surface area contributed by atoms with Gasteiger partial charge in [0.1, 0.15) is 0 Å². The average molecular weight is 441 g/mol. The van der Waals surface area contributed by atoms with Crippen LogP contribution in [0.15, 0.2) is 0 Å². The van der Waals surface area contributed by atoms with Gasteiger partial charge in [0.05, 0.1) is 13.2 Å². The van der Waals surface area contributed by atoms with Gasteiger partial charge < -0.3 is 9.47 Å². The van der Waals surface area contributed by atoms with Gasteiger partial charge in [-0.2, -0.15) is 0 Å². The van der Waals surface area contributed by atoms with E-state index in [-0.39, 0.29) is 11.9 Å². The smallest absolute Gasteiger partial charge is 0.305 e. The molecule has 0 aliphatic rings. The first kappa shape index (κ1) is 29.9. The van der Waals surface area contributed by atoms with E-state index in [9.17, 15) is 9.59 Å². The second-order valence-corrected chi connectivity index (χ2v) is 9.19. The van der Waals surface area contributed by atoms with E-state index in [1.54, 1.807) is 0 Å². The molecule has 1 atom stereocenters. The molecule has 31 heavy (non-hydrogen) atoms. The van der Waals surface area contributed by atoms with Crippen molar-refractivity contribution in [2.75, 3.05) is 13.2 Å². The molecule has 0 aromatic rings. The molecule has 0 fully saturated rings. The van der Waals surface area contributed by atoms with Crippen molar-refractivity contribution in [2.45, 2.75) is 143 Å². The summed E-state index contributed by atoms with van der Waals surface area (Å²) >= 11 is 0. The first-order chi connectivity index (χ1) is 15.1. The molecule has 0 saturated carbocycles. The minimum absolute atomic E-state index is 0.193. The maximum Gasteiger partial charge on any atom is 0.305 e. The summed E-state index contributed by atoms with van der Waals surface area (Å²) in [5, 5.41) is 0. The number of carbonyl (C=O) groups is 2. The van der Waals surface area contributed by atoms with E-state index in [0.29, 0.717) is 38.4 Å². The SMILES string of the molecule is CCCCCCCCCCCCCCCCOC(=O)CCCC(=O)OCCC(C)CC. The highest BCUT2D eigenvalue weighted by Crippen LogP contribution is 2.13. The minimum Gasteiger partial charge on any atom is -0.466 e. The van der Waals surface area contributed by atoms with E-state index in [1.165, 1.54) is 77.0 Å². The van der Waals surface area contributed by atoms with Gasteiger partial charge in [0.2, 0.25) is 0 Å². The predicted molar refractivity (Wildman–Crippen MR) is 130 cm³/mol. The summed E-state index contributed by atoms with van der Waals surface area (Å²) in [6.07, 6.45) is 21.6. The Labute approximate surface area is 193 Å². The van der Waals surface area contributed by atoms with E-state index in [1.807, 2.05) is 0 Å². The van der Waals surface area contributed by atoms with E-state index in [4.69, 9.17) is 9.47 Å². The van der Waals surface area contributed by atoms with Crippen molar-refractivity contribution in [2.24, 2.45) is 5.92 Å². The summed E-state index contributed by atoms with van der Waals surface area (Å²) in [7, 11) is 0. The predicted octanol–water partition coefficient (Wildman–Crippen LogP) is 8.16. The molecule has 0 bridgehead atoms. The highest BCUT2D eigenvalue weighted by molar-refractivity contribution is 5.72. The number of carbonyl (C=O) groups excluding carboxylic acids is 2. The Balaban J connectivity index is 3.28. The Kier molecular flexibility index (Phi) is 22.8. The number of hydrogen-bond acceptors (Lipinski definition) is 4. The molecule has 0 amide bonds. The van der Waals surface area contributed by atoms with Crippen LogP contribution < -0.4 is 0 Å². The summed E-state index contributed by atoms with van der Waals surface area (Å²) in [5.74, 6) is 0.183. The lowest BCUT2D eigenvalue weighted by molar-refractivity contribution is -0.145.